The highest BCUT2D eigenvalue weighted by Gasteiger charge is 2.18. The average Bonchev–Trinajstić information content (AvgIpc) is 3.15. The SMILES string of the molecule is C[C@H](Oc1cccc(Cl)c1Cl)C(=O)Nc1ccc2oc(-c3ccc(F)cc3)nc2c1. The number of rotatable bonds is 5. The van der Waals surface area contributed by atoms with Gasteiger partial charge < -0.3 is 14.5 Å². The molecule has 1 aromatic heterocycles. The Morgan fingerprint density at radius 2 is 1.90 bits per heavy atom. The third-order valence-electron chi connectivity index (χ3n) is 4.34. The predicted octanol–water partition coefficient (Wildman–Crippen LogP) is 6.35. The van der Waals surface area contributed by atoms with Gasteiger partial charge in [-0.3, -0.25) is 4.79 Å². The number of fused-ring (bicyclic) bond motifs is 1. The topological polar surface area (TPSA) is 64.4 Å². The van der Waals surface area contributed by atoms with Crippen molar-refractivity contribution in [1.29, 1.82) is 0 Å². The van der Waals surface area contributed by atoms with Crippen molar-refractivity contribution in [2.24, 2.45) is 0 Å². The molecule has 0 saturated heterocycles. The van der Waals surface area contributed by atoms with Crippen LogP contribution in [-0.4, -0.2) is 17.0 Å². The normalized spacial score (nSPS) is 12.0. The second-order valence-corrected chi connectivity index (χ2v) is 7.29. The Labute approximate surface area is 181 Å². The molecule has 0 aliphatic carbocycles. The standard InChI is InChI=1S/C22H15Cl2FN2O3/c1-12(29-19-4-2-3-16(23)20(19)24)21(28)26-15-9-10-18-17(11-15)27-22(30-18)13-5-7-14(25)8-6-13/h2-12H,1H3,(H,26,28)/t12-/m0/s1. The first-order valence-electron chi connectivity index (χ1n) is 8.99. The number of amides is 1. The number of aromatic nitrogens is 1. The zero-order chi connectivity index (χ0) is 21.3. The molecule has 0 fully saturated rings. The number of nitrogens with zero attached hydrogens (tertiary/aromatic N) is 1. The van der Waals surface area contributed by atoms with Crippen LogP contribution in [0.15, 0.2) is 65.1 Å². The second kappa shape index (κ2) is 8.34. The molecule has 0 saturated carbocycles. The first-order chi connectivity index (χ1) is 14.4. The van der Waals surface area contributed by atoms with Gasteiger partial charge in [0.25, 0.3) is 5.91 Å². The third-order valence-corrected chi connectivity index (χ3v) is 5.14. The van der Waals surface area contributed by atoms with Gasteiger partial charge >= 0.3 is 0 Å². The molecule has 4 aromatic rings. The number of hydrogen-bond donors (Lipinski definition) is 1. The van der Waals surface area contributed by atoms with E-state index in [1.807, 2.05) is 0 Å². The fourth-order valence-electron chi connectivity index (χ4n) is 2.78. The first kappa shape index (κ1) is 20.2. The molecule has 30 heavy (non-hydrogen) atoms. The van der Waals surface area contributed by atoms with Crippen LogP contribution in [0.1, 0.15) is 6.92 Å². The van der Waals surface area contributed by atoms with Crippen molar-refractivity contribution in [3.63, 3.8) is 0 Å². The number of anilines is 1. The summed E-state index contributed by atoms with van der Waals surface area (Å²) in [5.74, 6) is -0.0219. The molecule has 3 aromatic carbocycles. The Morgan fingerprint density at radius 3 is 2.67 bits per heavy atom. The molecule has 8 heteroatoms. The first-order valence-corrected chi connectivity index (χ1v) is 9.74. The molecule has 0 aliphatic rings. The van der Waals surface area contributed by atoms with E-state index in [0.717, 1.165) is 0 Å². The van der Waals surface area contributed by atoms with Gasteiger partial charge in [0.15, 0.2) is 11.7 Å². The van der Waals surface area contributed by atoms with Crippen LogP contribution in [0.25, 0.3) is 22.6 Å². The Bertz CT molecular complexity index is 1230. The Kier molecular flexibility index (Phi) is 5.61. The Balaban J connectivity index is 1.49. The molecule has 1 amide bonds. The van der Waals surface area contributed by atoms with Gasteiger partial charge in [0.05, 0.1) is 5.02 Å². The van der Waals surface area contributed by atoms with E-state index in [1.54, 1.807) is 55.5 Å². The average molecular weight is 445 g/mol. The summed E-state index contributed by atoms with van der Waals surface area (Å²) < 4.78 is 24.4. The van der Waals surface area contributed by atoms with Gasteiger partial charge in [0, 0.05) is 11.3 Å². The van der Waals surface area contributed by atoms with E-state index in [2.05, 4.69) is 10.3 Å². The van der Waals surface area contributed by atoms with Crippen molar-refractivity contribution in [3.05, 3.63) is 76.5 Å². The number of carbonyl (C=O) groups is 1. The Hall–Kier alpha value is -3.09. The van der Waals surface area contributed by atoms with Gasteiger partial charge in [-0.05, 0) is 61.5 Å². The van der Waals surface area contributed by atoms with Crippen LogP contribution in [0.4, 0.5) is 10.1 Å². The molecule has 0 aliphatic heterocycles. The smallest absolute Gasteiger partial charge is 0.265 e. The molecule has 1 atom stereocenters. The van der Waals surface area contributed by atoms with Gasteiger partial charge in [-0.1, -0.05) is 29.3 Å². The van der Waals surface area contributed by atoms with Crippen molar-refractivity contribution < 1.29 is 18.3 Å². The minimum atomic E-state index is -0.816. The lowest BCUT2D eigenvalue weighted by atomic mass is 10.2. The lowest BCUT2D eigenvalue weighted by molar-refractivity contribution is -0.122. The second-order valence-electron chi connectivity index (χ2n) is 6.51. The molecule has 1 N–H and O–H groups in total. The van der Waals surface area contributed by atoms with Crippen molar-refractivity contribution in [1.82, 2.24) is 4.98 Å². The number of benzene rings is 3. The Morgan fingerprint density at radius 1 is 1.13 bits per heavy atom. The highest BCUT2D eigenvalue weighted by molar-refractivity contribution is 6.42. The zero-order valence-corrected chi connectivity index (χ0v) is 17.2. The van der Waals surface area contributed by atoms with E-state index in [9.17, 15) is 9.18 Å². The minimum Gasteiger partial charge on any atom is -0.479 e. The van der Waals surface area contributed by atoms with Crippen molar-refractivity contribution in [3.8, 4) is 17.2 Å². The highest BCUT2D eigenvalue weighted by atomic mass is 35.5. The zero-order valence-electron chi connectivity index (χ0n) is 15.7. The summed E-state index contributed by atoms with van der Waals surface area (Å²) in [6.07, 6.45) is -0.816. The number of nitrogens with one attached hydrogen (secondary N) is 1. The van der Waals surface area contributed by atoms with Crippen molar-refractivity contribution in [2.45, 2.75) is 13.0 Å². The van der Waals surface area contributed by atoms with Crippen LogP contribution in [0, 0.1) is 5.82 Å². The molecular formula is C22H15Cl2FN2O3. The van der Waals surface area contributed by atoms with Gasteiger partial charge in [0.2, 0.25) is 5.89 Å². The van der Waals surface area contributed by atoms with Crippen molar-refractivity contribution >= 4 is 45.9 Å². The maximum atomic E-state index is 13.1. The highest BCUT2D eigenvalue weighted by Crippen LogP contribution is 2.32. The summed E-state index contributed by atoms with van der Waals surface area (Å²) in [6.45, 7) is 1.60. The molecule has 4 rings (SSSR count). The number of carbonyl (C=O) groups excluding carboxylic acids is 1. The van der Waals surface area contributed by atoms with E-state index in [4.69, 9.17) is 32.4 Å². The maximum absolute atomic E-state index is 13.1. The number of ether oxygens (including phenoxy) is 1. The van der Waals surface area contributed by atoms with Crippen LogP contribution < -0.4 is 10.1 Å². The fraction of sp³-hybridized carbons (Fsp3) is 0.0909. The molecule has 5 nitrogen and oxygen atoms in total. The third kappa shape index (κ3) is 4.25. The minimum absolute atomic E-state index is 0.246. The lowest BCUT2D eigenvalue weighted by Gasteiger charge is -2.16. The monoisotopic (exact) mass is 444 g/mol. The van der Waals surface area contributed by atoms with Gasteiger partial charge in [-0.15, -0.1) is 0 Å². The summed E-state index contributed by atoms with van der Waals surface area (Å²) in [5.41, 5.74) is 2.28. The van der Waals surface area contributed by atoms with Crippen LogP contribution >= 0.6 is 23.2 Å². The lowest BCUT2D eigenvalue weighted by Crippen LogP contribution is -2.30. The molecular weight excluding hydrogens is 430 g/mol. The van der Waals surface area contributed by atoms with Crippen molar-refractivity contribution in [2.75, 3.05) is 5.32 Å². The number of hydrogen-bond acceptors (Lipinski definition) is 4. The molecule has 0 unspecified atom stereocenters. The van der Waals surface area contributed by atoms with Crippen LogP contribution in [-0.2, 0) is 4.79 Å². The summed E-state index contributed by atoms with van der Waals surface area (Å²) in [5, 5.41) is 3.36. The maximum Gasteiger partial charge on any atom is 0.265 e. The van der Waals surface area contributed by atoms with Crippen LogP contribution in [0.3, 0.4) is 0 Å². The van der Waals surface area contributed by atoms with E-state index < -0.39 is 6.10 Å². The van der Waals surface area contributed by atoms with E-state index in [-0.39, 0.29) is 16.7 Å². The van der Waals surface area contributed by atoms with E-state index >= 15 is 0 Å². The molecule has 0 radical (unpaired) electrons. The molecule has 1 heterocycles. The number of halogens is 3. The van der Waals surface area contributed by atoms with Gasteiger partial charge in [-0.25, -0.2) is 9.37 Å². The predicted molar refractivity (Wildman–Crippen MR) is 115 cm³/mol. The van der Waals surface area contributed by atoms with E-state index in [0.29, 0.717) is 39.0 Å². The van der Waals surface area contributed by atoms with Crippen LogP contribution in [0.5, 0.6) is 5.75 Å². The molecule has 152 valence electrons. The quantitative estimate of drug-likeness (QED) is 0.389. The summed E-state index contributed by atoms with van der Waals surface area (Å²) >= 11 is 12.1. The van der Waals surface area contributed by atoms with Crippen LogP contribution in [0.2, 0.25) is 10.0 Å². The summed E-state index contributed by atoms with van der Waals surface area (Å²) in [6, 6.07) is 15.9. The molecule has 0 spiro atoms. The van der Waals surface area contributed by atoms with Gasteiger partial charge in [0.1, 0.15) is 22.1 Å². The summed E-state index contributed by atoms with van der Waals surface area (Å²) in [7, 11) is 0. The largest absolute Gasteiger partial charge is 0.479 e. The van der Waals surface area contributed by atoms with Gasteiger partial charge in [-0.2, -0.15) is 0 Å². The fourth-order valence-corrected chi connectivity index (χ4v) is 3.12. The molecule has 0 bridgehead atoms. The number of oxazole rings is 1. The summed E-state index contributed by atoms with van der Waals surface area (Å²) in [4.78, 5) is 16.9. The van der Waals surface area contributed by atoms with E-state index in [1.165, 1.54) is 12.1 Å².